The summed E-state index contributed by atoms with van der Waals surface area (Å²) < 4.78 is 1.68. The van der Waals surface area contributed by atoms with Crippen LogP contribution in [0.3, 0.4) is 0 Å². The molecule has 0 aliphatic heterocycles. The Bertz CT molecular complexity index is 808. The molecule has 0 saturated heterocycles. The van der Waals surface area contributed by atoms with Crippen molar-refractivity contribution in [3.63, 3.8) is 0 Å². The van der Waals surface area contributed by atoms with Crippen molar-refractivity contribution in [3.8, 4) is 5.82 Å². The molecule has 2 amide bonds. The van der Waals surface area contributed by atoms with Gasteiger partial charge in [-0.15, -0.1) is 0 Å². The second-order valence-corrected chi connectivity index (χ2v) is 6.37. The first-order valence-corrected chi connectivity index (χ1v) is 8.86. The summed E-state index contributed by atoms with van der Waals surface area (Å²) in [6.45, 7) is 2.07. The van der Waals surface area contributed by atoms with Gasteiger partial charge in [0.05, 0.1) is 11.9 Å². The van der Waals surface area contributed by atoms with Crippen LogP contribution >= 0.6 is 0 Å². The highest BCUT2D eigenvalue weighted by molar-refractivity contribution is 5.92. The molecule has 0 bridgehead atoms. The van der Waals surface area contributed by atoms with Crippen LogP contribution in [-0.4, -0.2) is 32.9 Å². The van der Waals surface area contributed by atoms with Crippen LogP contribution in [-0.2, 0) is 4.79 Å². The lowest BCUT2D eigenvalue weighted by molar-refractivity contribution is -0.114. The van der Waals surface area contributed by atoms with Crippen molar-refractivity contribution in [1.82, 2.24) is 19.9 Å². The first kappa shape index (κ1) is 17.8. The van der Waals surface area contributed by atoms with Gasteiger partial charge in [0.2, 0.25) is 5.91 Å². The molecule has 2 N–H and O–H groups in total. The molecule has 1 aliphatic rings. The zero-order valence-corrected chi connectivity index (χ0v) is 14.9. The third kappa shape index (κ3) is 4.78. The molecule has 7 nitrogen and oxygen atoms in total. The summed E-state index contributed by atoms with van der Waals surface area (Å²) in [4.78, 5) is 31.7. The number of hydrogen-bond donors (Lipinski definition) is 2. The Labute approximate surface area is 152 Å². The summed E-state index contributed by atoms with van der Waals surface area (Å²) in [7, 11) is 0. The van der Waals surface area contributed by atoms with Crippen molar-refractivity contribution in [1.29, 1.82) is 0 Å². The van der Waals surface area contributed by atoms with E-state index >= 15 is 0 Å². The molecule has 2 aromatic rings. The van der Waals surface area contributed by atoms with Gasteiger partial charge in [-0.1, -0.05) is 11.6 Å². The molecule has 1 aliphatic carbocycles. The zero-order valence-electron chi connectivity index (χ0n) is 14.9. The summed E-state index contributed by atoms with van der Waals surface area (Å²) in [5.74, 6) is 0.290. The highest BCUT2D eigenvalue weighted by Gasteiger charge is 2.11. The van der Waals surface area contributed by atoms with Crippen LogP contribution in [0.15, 0.2) is 42.5 Å². The number of allylic oxidation sites excluding steroid dienone is 1. The van der Waals surface area contributed by atoms with Crippen molar-refractivity contribution < 1.29 is 9.59 Å². The Morgan fingerprint density at radius 3 is 2.81 bits per heavy atom. The van der Waals surface area contributed by atoms with Gasteiger partial charge in [-0.25, -0.2) is 9.97 Å². The molecular weight excluding hydrogens is 330 g/mol. The highest BCUT2D eigenvalue weighted by Crippen LogP contribution is 2.19. The maximum Gasteiger partial charge on any atom is 0.271 e. The quantitative estimate of drug-likeness (QED) is 0.782. The number of pyridine rings is 1. The summed E-state index contributed by atoms with van der Waals surface area (Å²) >= 11 is 0. The SMILES string of the molecule is CC(=O)Nc1ccc(-n2cnc(C(=O)NCCC3=CCCCC3)c2)nc1. The molecular formula is C19H23N5O2. The van der Waals surface area contributed by atoms with Crippen LogP contribution in [0, 0.1) is 0 Å². The zero-order chi connectivity index (χ0) is 18.4. The van der Waals surface area contributed by atoms with Gasteiger partial charge in [-0.05, 0) is 44.2 Å². The molecule has 0 atom stereocenters. The minimum atomic E-state index is -0.185. The summed E-state index contributed by atoms with van der Waals surface area (Å²) in [5.41, 5.74) is 2.41. The number of carbonyl (C=O) groups is 2. The van der Waals surface area contributed by atoms with E-state index in [2.05, 4.69) is 26.7 Å². The van der Waals surface area contributed by atoms with Gasteiger partial charge in [-0.3, -0.25) is 14.2 Å². The minimum absolute atomic E-state index is 0.148. The minimum Gasteiger partial charge on any atom is -0.350 e. The van der Waals surface area contributed by atoms with Crippen LogP contribution in [0.5, 0.6) is 0 Å². The topological polar surface area (TPSA) is 88.9 Å². The predicted octanol–water partition coefficient (Wildman–Crippen LogP) is 2.85. The van der Waals surface area contributed by atoms with Crippen molar-refractivity contribution in [2.45, 2.75) is 39.0 Å². The Hall–Kier alpha value is -2.96. The second-order valence-electron chi connectivity index (χ2n) is 6.37. The van der Waals surface area contributed by atoms with Crippen LogP contribution in [0.1, 0.15) is 49.5 Å². The third-order valence-corrected chi connectivity index (χ3v) is 4.26. The lowest BCUT2D eigenvalue weighted by Crippen LogP contribution is -2.25. The number of imidazole rings is 1. The van der Waals surface area contributed by atoms with Crippen LogP contribution in [0.2, 0.25) is 0 Å². The largest absolute Gasteiger partial charge is 0.350 e. The normalized spacial score (nSPS) is 13.8. The molecule has 7 heteroatoms. The number of nitrogens with zero attached hydrogens (tertiary/aromatic N) is 3. The van der Waals surface area contributed by atoms with E-state index in [9.17, 15) is 9.59 Å². The standard InChI is InChI=1S/C19H23N5O2/c1-14(25)23-16-7-8-18(21-11-16)24-12-17(22-13-24)19(26)20-10-9-15-5-3-2-4-6-15/h5,7-8,11-13H,2-4,6,9-10H2,1H3,(H,20,26)(H,23,25). The van der Waals surface area contributed by atoms with Crippen LogP contribution in [0.25, 0.3) is 5.82 Å². The average molecular weight is 353 g/mol. The van der Waals surface area contributed by atoms with E-state index < -0.39 is 0 Å². The Balaban J connectivity index is 1.55. The Morgan fingerprint density at radius 1 is 1.23 bits per heavy atom. The van der Waals surface area contributed by atoms with E-state index in [0.717, 1.165) is 19.3 Å². The molecule has 2 heterocycles. The fraction of sp³-hybridized carbons (Fsp3) is 0.368. The highest BCUT2D eigenvalue weighted by atomic mass is 16.2. The van der Waals surface area contributed by atoms with Crippen molar-refractivity contribution in [3.05, 3.63) is 48.2 Å². The Morgan fingerprint density at radius 2 is 2.12 bits per heavy atom. The monoisotopic (exact) mass is 353 g/mol. The summed E-state index contributed by atoms with van der Waals surface area (Å²) in [6.07, 6.45) is 12.8. The molecule has 26 heavy (non-hydrogen) atoms. The Kier molecular flexibility index (Phi) is 5.78. The van der Waals surface area contributed by atoms with Gasteiger partial charge in [0.25, 0.3) is 5.91 Å². The first-order chi connectivity index (χ1) is 12.6. The lowest BCUT2D eigenvalue weighted by Gasteiger charge is -2.12. The smallest absolute Gasteiger partial charge is 0.271 e. The van der Waals surface area contributed by atoms with E-state index in [4.69, 9.17) is 0 Å². The van der Waals surface area contributed by atoms with Gasteiger partial charge < -0.3 is 10.6 Å². The summed E-state index contributed by atoms with van der Waals surface area (Å²) in [6, 6.07) is 3.51. The predicted molar refractivity (Wildman–Crippen MR) is 99.2 cm³/mol. The molecule has 0 spiro atoms. The maximum atomic E-state index is 12.2. The second kappa shape index (κ2) is 8.42. The van der Waals surface area contributed by atoms with E-state index in [-0.39, 0.29) is 11.8 Å². The van der Waals surface area contributed by atoms with Gasteiger partial charge in [-0.2, -0.15) is 0 Å². The number of carbonyl (C=O) groups excluding carboxylic acids is 2. The number of amides is 2. The van der Waals surface area contributed by atoms with Crippen LogP contribution < -0.4 is 10.6 Å². The van der Waals surface area contributed by atoms with E-state index in [1.165, 1.54) is 25.3 Å². The fourth-order valence-electron chi connectivity index (χ4n) is 2.94. The van der Waals surface area contributed by atoms with E-state index in [1.807, 2.05) is 0 Å². The molecule has 3 rings (SSSR count). The van der Waals surface area contributed by atoms with Crippen LogP contribution in [0.4, 0.5) is 5.69 Å². The number of aromatic nitrogens is 3. The number of anilines is 1. The summed E-state index contributed by atoms with van der Waals surface area (Å²) in [5, 5.41) is 5.58. The molecule has 0 radical (unpaired) electrons. The number of nitrogens with one attached hydrogen (secondary N) is 2. The van der Waals surface area contributed by atoms with Crippen molar-refractivity contribution in [2.24, 2.45) is 0 Å². The molecule has 0 aromatic carbocycles. The van der Waals surface area contributed by atoms with Gasteiger partial charge in [0.1, 0.15) is 17.8 Å². The average Bonchev–Trinajstić information content (AvgIpc) is 3.13. The molecule has 2 aromatic heterocycles. The van der Waals surface area contributed by atoms with Crippen molar-refractivity contribution >= 4 is 17.5 Å². The van der Waals surface area contributed by atoms with E-state index in [0.29, 0.717) is 23.7 Å². The molecule has 0 saturated carbocycles. The van der Waals surface area contributed by atoms with E-state index in [1.54, 1.807) is 35.4 Å². The van der Waals surface area contributed by atoms with Gasteiger partial charge in [0.15, 0.2) is 0 Å². The molecule has 0 fully saturated rings. The first-order valence-electron chi connectivity index (χ1n) is 8.86. The van der Waals surface area contributed by atoms with Crippen molar-refractivity contribution in [2.75, 3.05) is 11.9 Å². The fourth-order valence-corrected chi connectivity index (χ4v) is 2.94. The maximum absolute atomic E-state index is 12.2. The van der Waals surface area contributed by atoms with Gasteiger partial charge >= 0.3 is 0 Å². The molecule has 136 valence electrons. The molecule has 0 unspecified atom stereocenters. The third-order valence-electron chi connectivity index (χ3n) is 4.26. The lowest BCUT2D eigenvalue weighted by atomic mass is 9.97. The van der Waals surface area contributed by atoms with Gasteiger partial charge in [0, 0.05) is 19.7 Å². The number of rotatable bonds is 6. The number of hydrogen-bond acceptors (Lipinski definition) is 4.